The van der Waals surface area contributed by atoms with Gasteiger partial charge in [0, 0.05) is 16.1 Å². The summed E-state index contributed by atoms with van der Waals surface area (Å²) in [6.07, 6.45) is 6.00. The van der Waals surface area contributed by atoms with Crippen molar-refractivity contribution in [2.75, 3.05) is 7.11 Å². The molecule has 2 N–H and O–H groups in total. The maximum absolute atomic E-state index is 12.8. The van der Waals surface area contributed by atoms with Crippen LogP contribution in [0.15, 0.2) is 42.5 Å². The quantitative estimate of drug-likeness (QED) is 0.654. The van der Waals surface area contributed by atoms with Gasteiger partial charge in [-0.3, -0.25) is 4.79 Å². The largest absolute Gasteiger partial charge is 0.497 e. The van der Waals surface area contributed by atoms with Crippen molar-refractivity contribution < 1.29 is 19.4 Å². The second kappa shape index (κ2) is 9.79. The third-order valence-corrected chi connectivity index (χ3v) is 5.86. The van der Waals surface area contributed by atoms with Gasteiger partial charge >= 0.3 is 5.97 Å². The number of ether oxygens (including phenoxy) is 1. The molecule has 1 amide bonds. The number of carboxylic acid groups (broad SMARTS) is 1. The zero-order chi connectivity index (χ0) is 20.8. The van der Waals surface area contributed by atoms with Gasteiger partial charge < -0.3 is 15.2 Å². The van der Waals surface area contributed by atoms with Gasteiger partial charge in [-0.1, -0.05) is 55.8 Å². The summed E-state index contributed by atoms with van der Waals surface area (Å²) in [7, 11) is 1.60. The highest BCUT2D eigenvalue weighted by Crippen LogP contribution is 2.31. The molecule has 0 saturated heterocycles. The zero-order valence-electron chi connectivity index (χ0n) is 16.5. The number of benzene rings is 2. The molecule has 0 spiro atoms. The van der Waals surface area contributed by atoms with Gasteiger partial charge in [0.25, 0.3) is 5.91 Å². The van der Waals surface area contributed by atoms with Gasteiger partial charge in [-0.15, -0.1) is 0 Å². The van der Waals surface area contributed by atoms with Crippen molar-refractivity contribution in [3.63, 3.8) is 0 Å². The molecule has 0 unspecified atom stereocenters. The van der Waals surface area contributed by atoms with Crippen LogP contribution in [0.4, 0.5) is 0 Å². The molecule has 0 aliphatic heterocycles. The number of methoxy groups -OCH3 is 1. The number of hydrogen-bond acceptors (Lipinski definition) is 3. The Labute approximate surface area is 176 Å². The van der Waals surface area contributed by atoms with E-state index in [-0.39, 0.29) is 0 Å². The smallest absolute Gasteiger partial charge is 0.326 e. The van der Waals surface area contributed by atoms with E-state index < -0.39 is 17.9 Å². The van der Waals surface area contributed by atoms with Crippen molar-refractivity contribution in [1.82, 2.24) is 5.32 Å². The molecule has 1 aliphatic carbocycles. The van der Waals surface area contributed by atoms with Gasteiger partial charge in [0.15, 0.2) is 0 Å². The van der Waals surface area contributed by atoms with Crippen molar-refractivity contribution in [2.24, 2.45) is 5.92 Å². The molecule has 1 fully saturated rings. The first-order chi connectivity index (χ1) is 14.0. The summed E-state index contributed by atoms with van der Waals surface area (Å²) in [5.74, 6) is -0.316. The molecule has 2 aromatic carbocycles. The van der Waals surface area contributed by atoms with Crippen LogP contribution < -0.4 is 10.1 Å². The van der Waals surface area contributed by atoms with E-state index in [0.29, 0.717) is 28.5 Å². The van der Waals surface area contributed by atoms with E-state index in [9.17, 15) is 14.7 Å². The van der Waals surface area contributed by atoms with Crippen molar-refractivity contribution in [1.29, 1.82) is 0 Å². The van der Waals surface area contributed by atoms with E-state index in [1.54, 1.807) is 25.3 Å². The number of carbonyl (C=O) groups excluding carboxylic acids is 1. The van der Waals surface area contributed by atoms with Crippen LogP contribution >= 0.6 is 11.6 Å². The predicted molar refractivity (Wildman–Crippen MR) is 114 cm³/mol. The number of amides is 1. The molecule has 1 aliphatic rings. The summed E-state index contributed by atoms with van der Waals surface area (Å²) in [4.78, 5) is 24.5. The minimum Gasteiger partial charge on any atom is -0.497 e. The molecule has 0 bridgehead atoms. The average Bonchev–Trinajstić information content (AvgIpc) is 2.74. The van der Waals surface area contributed by atoms with E-state index >= 15 is 0 Å². The molecule has 1 saturated carbocycles. The summed E-state index contributed by atoms with van der Waals surface area (Å²) in [6, 6.07) is 11.5. The first-order valence-corrected chi connectivity index (χ1v) is 10.3. The van der Waals surface area contributed by atoms with Crippen LogP contribution in [0.2, 0.25) is 5.02 Å². The van der Waals surface area contributed by atoms with Crippen LogP contribution in [0.25, 0.3) is 11.1 Å². The van der Waals surface area contributed by atoms with Crippen LogP contribution in [0, 0.1) is 5.92 Å². The number of rotatable bonds is 7. The Morgan fingerprint density at radius 1 is 1.14 bits per heavy atom. The zero-order valence-corrected chi connectivity index (χ0v) is 17.2. The fraction of sp³-hybridized carbons (Fsp3) is 0.391. The van der Waals surface area contributed by atoms with Gasteiger partial charge in [0.1, 0.15) is 11.8 Å². The topological polar surface area (TPSA) is 75.6 Å². The molecule has 0 aromatic heterocycles. The minimum atomic E-state index is -0.992. The molecule has 0 heterocycles. The number of carbonyl (C=O) groups is 2. The average molecular weight is 416 g/mol. The summed E-state index contributed by atoms with van der Waals surface area (Å²) >= 11 is 6.34. The number of aliphatic carboxylic acids is 1. The molecule has 6 heteroatoms. The molecule has 3 rings (SSSR count). The molecule has 2 aromatic rings. The lowest BCUT2D eigenvalue weighted by molar-refractivity contribution is -0.139. The van der Waals surface area contributed by atoms with Gasteiger partial charge in [-0.2, -0.15) is 0 Å². The highest BCUT2D eigenvalue weighted by Gasteiger charge is 2.26. The number of halogens is 1. The van der Waals surface area contributed by atoms with E-state index in [1.165, 1.54) is 6.42 Å². The van der Waals surface area contributed by atoms with Gasteiger partial charge in [-0.25, -0.2) is 4.79 Å². The summed E-state index contributed by atoms with van der Waals surface area (Å²) in [6.45, 7) is 0. The van der Waals surface area contributed by atoms with Crippen LogP contribution in [0.3, 0.4) is 0 Å². The number of hydrogen-bond donors (Lipinski definition) is 2. The van der Waals surface area contributed by atoms with Crippen molar-refractivity contribution >= 4 is 23.5 Å². The third-order valence-electron chi connectivity index (χ3n) is 5.53. The monoisotopic (exact) mass is 415 g/mol. The standard InChI is InChI=1S/C23H26ClNO4/c1-29-18-10-7-16(8-11-18)19-14-17(9-12-20(19)24)22(26)25-21(23(27)28)13-15-5-3-2-4-6-15/h7-12,14-15,21H,2-6,13H2,1H3,(H,25,26)(H,27,28)/t21-/m1/s1. The first kappa shape index (κ1) is 21.2. The second-order valence-corrected chi connectivity index (χ2v) is 7.93. The normalized spacial score (nSPS) is 15.5. The molecule has 29 heavy (non-hydrogen) atoms. The number of carboxylic acids is 1. The summed E-state index contributed by atoms with van der Waals surface area (Å²) in [5.41, 5.74) is 1.94. The molecule has 1 atom stereocenters. The molecule has 5 nitrogen and oxygen atoms in total. The van der Waals surface area contributed by atoms with Gasteiger partial charge in [0.05, 0.1) is 7.11 Å². The fourth-order valence-electron chi connectivity index (χ4n) is 3.88. The summed E-state index contributed by atoms with van der Waals surface area (Å²) < 4.78 is 5.17. The maximum atomic E-state index is 12.8. The molecule has 154 valence electrons. The van der Waals surface area contributed by atoms with Gasteiger partial charge in [-0.05, 0) is 48.2 Å². The third kappa shape index (κ3) is 5.51. The van der Waals surface area contributed by atoms with E-state index in [4.69, 9.17) is 16.3 Å². The highest BCUT2D eigenvalue weighted by atomic mass is 35.5. The lowest BCUT2D eigenvalue weighted by atomic mass is 9.85. The molecular weight excluding hydrogens is 390 g/mol. The maximum Gasteiger partial charge on any atom is 0.326 e. The summed E-state index contributed by atoms with van der Waals surface area (Å²) in [5, 5.41) is 12.8. The second-order valence-electron chi connectivity index (χ2n) is 7.53. The van der Waals surface area contributed by atoms with Crippen LogP contribution in [-0.4, -0.2) is 30.1 Å². The Morgan fingerprint density at radius 2 is 1.83 bits per heavy atom. The molecule has 0 radical (unpaired) electrons. The van der Waals surface area contributed by atoms with Crippen molar-refractivity contribution in [2.45, 2.75) is 44.6 Å². The van der Waals surface area contributed by atoms with E-state index in [0.717, 1.165) is 37.0 Å². The lowest BCUT2D eigenvalue weighted by Crippen LogP contribution is -2.42. The first-order valence-electron chi connectivity index (χ1n) is 9.95. The van der Waals surface area contributed by atoms with E-state index in [1.807, 2.05) is 24.3 Å². The van der Waals surface area contributed by atoms with Crippen molar-refractivity contribution in [3.8, 4) is 16.9 Å². The fourth-order valence-corrected chi connectivity index (χ4v) is 4.10. The Hall–Kier alpha value is -2.53. The SMILES string of the molecule is COc1ccc(-c2cc(C(=O)N[C@H](CC3CCCCC3)C(=O)O)ccc2Cl)cc1. The van der Waals surface area contributed by atoms with Crippen LogP contribution in [-0.2, 0) is 4.79 Å². The predicted octanol–water partition coefficient (Wildman–Crippen LogP) is 5.17. The van der Waals surface area contributed by atoms with Crippen molar-refractivity contribution in [3.05, 3.63) is 53.1 Å². The van der Waals surface area contributed by atoms with Gasteiger partial charge in [0.2, 0.25) is 0 Å². The number of nitrogens with one attached hydrogen (secondary N) is 1. The Kier molecular flexibility index (Phi) is 7.15. The lowest BCUT2D eigenvalue weighted by Gasteiger charge is -2.25. The molecular formula is C23H26ClNO4. The Bertz CT molecular complexity index is 860. The minimum absolute atomic E-state index is 0.352. The Morgan fingerprint density at radius 3 is 2.45 bits per heavy atom. The van der Waals surface area contributed by atoms with Crippen LogP contribution in [0.1, 0.15) is 48.9 Å². The van der Waals surface area contributed by atoms with Crippen LogP contribution in [0.5, 0.6) is 5.75 Å². The highest BCUT2D eigenvalue weighted by molar-refractivity contribution is 6.33. The Balaban J connectivity index is 1.76. The van der Waals surface area contributed by atoms with E-state index in [2.05, 4.69) is 5.32 Å².